The second kappa shape index (κ2) is 8.27. The monoisotopic (exact) mass is 391 g/mol. The van der Waals surface area contributed by atoms with E-state index in [-0.39, 0.29) is 5.91 Å². The standard InChI is InChI=1S/C24H29N3O2/c1-17-11-22-23(12-18(17)2)27(16-25-22)15-19-7-9-26(10-8-19)24(28)14-20-5-4-6-21(13-20)29-3/h4-6,11-13,16,19H,7-10,14-15H2,1-3H3. The molecule has 1 amide bonds. The molecule has 1 aromatic heterocycles. The summed E-state index contributed by atoms with van der Waals surface area (Å²) in [7, 11) is 1.65. The van der Waals surface area contributed by atoms with Crippen LogP contribution in [0.1, 0.15) is 29.5 Å². The number of aromatic nitrogens is 2. The fourth-order valence-corrected chi connectivity index (χ4v) is 4.17. The molecule has 0 bridgehead atoms. The summed E-state index contributed by atoms with van der Waals surface area (Å²) in [5.74, 6) is 1.58. The van der Waals surface area contributed by atoms with Gasteiger partial charge in [-0.25, -0.2) is 4.98 Å². The van der Waals surface area contributed by atoms with Crippen LogP contribution in [0.25, 0.3) is 11.0 Å². The van der Waals surface area contributed by atoms with E-state index >= 15 is 0 Å². The first-order valence-corrected chi connectivity index (χ1v) is 10.4. The summed E-state index contributed by atoms with van der Waals surface area (Å²) < 4.78 is 7.54. The van der Waals surface area contributed by atoms with Crippen LogP contribution in [0.4, 0.5) is 0 Å². The predicted molar refractivity (Wildman–Crippen MR) is 115 cm³/mol. The number of carbonyl (C=O) groups is 1. The summed E-state index contributed by atoms with van der Waals surface area (Å²) in [6.45, 7) is 6.91. The number of fused-ring (bicyclic) bond motifs is 1. The lowest BCUT2D eigenvalue weighted by Crippen LogP contribution is -2.40. The number of piperidine rings is 1. The van der Waals surface area contributed by atoms with Gasteiger partial charge in [0.25, 0.3) is 0 Å². The van der Waals surface area contributed by atoms with Crippen molar-refractivity contribution in [2.75, 3.05) is 20.2 Å². The van der Waals surface area contributed by atoms with E-state index in [1.807, 2.05) is 35.5 Å². The minimum absolute atomic E-state index is 0.205. The van der Waals surface area contributed by atoms with E-state index in [1.165, 1.54) is 16.6 Å². The van der Waals surface area contributed by atoms with Crippen molar-refractivity contribution >= 4 is 16.9 Å². The number of nitrogens with zero attached hydrogens (tertiary/aromatic N) is 3. The van der Waals surface area contributed by atoms with Gasteiger partial charge in [-0.05, 0) is 73.6 Å². The topological polar surface area (TPSA) is 47.4 Å². The van der Waals surface area contributed by atoms with Crippen molar-refractivity contribution in [2.45, 2.75) is 39.7 Å². The van der Waals surface area contributed by atoms with Crippen molar-refractivity contribution in [2.24, 2.45) is 5.92 Å². The van der Waals surface area contributed by atoms with Crippen LogP contribution in [0.5, 0.6) is 5.75 Å². The smallest absolute Gasteiger partial charge is 0.226 e. The number of rotatable bonds is 5. The first kappa shape index (κ1) is 19.5. The summed E-state index contributed by atoms with van der Waals surface area (Å²) in [6, 6.07) is 12.2. The normalized spacial score (nSPS) is 15.1. The predicted octanol–water partition coefficient (Wildman–Crippen LogP) is 4.14. The van der Waals surface area contributed by atoms with Crippen LogP contribution < -0.4 is 4.74 Å². The maximum absolute atomic E-state index is 12.7. The number of benzene rings is 2. The molecule has 3 aromatic rings. The second-order valence-electron chi connectivity index (χ2n) is 8.17. The third kappa shape index (κ3) is 4.29. The molecule has 0 saturated carbocycles. The van der Waals surface area contributed by atoms with E-state index in [9.17, 15) is 4.79 Å². The first-order chi connectivity index (χ1) is 14.0. The molecular weight excluding hydrogens is 362 g/mol. The van der Waals surface area contributed by atoms with Crippen LogP contribution >= 0.6 is 0 Å². The number of hydrogen-bond acceptors (Lipinski definition) is 3. The van der Waals surface area contributed by atoms with Gasteiger partial charge >= 0.3 is 0 Å². The van der Waals surface area contributed by atoms with Gasteiger partial charge in [-0.1, -0.05) is 12.1 Å². The van der Waals surface area contributed by atoms with Gasteiger partial charge in [0.15, 0.2) is 0 Å². The van der Waals surface area contributed by atoms with Crippen LogP contribution in [0, 0.1) is 19.8 Å². The Morgan fingerprint density at radius 1 is 1.14 bits per heavy atom. The van der Waals surface area contributed by atoms with Crippen LogP contribution in [0.3, 0.4) is 0 Å². The van der Waals surface area contributed by atoms with E-state index in [1.54, 1.807) is 7.11 Å². The van der Waals surface area contributed by atoms with E-state index in [2.05, 4.69) is 35.5 Å². The van der Waals surface area contributed by atoms with E-state index in [0.717, 1.165) is 49.3 Å². The van der Waals surface area contributed by atoms with Gasteiger partial charge in [0.05, 0.1) is 30.9 Å². The molecule has 4 rings (SSSR count). The minimum Gasteiger partial charge on any atom is -0.497 e. The Balaban J connectivity index is 1.34. The second-order valence-corrected chi connectivity index (χ2v) is 8.17. The summed E-state index contributed by atoms with van der Waals surface area (Å²) in [5, 5.41) is 0. The lowest BCUT2D eigenvalue weighted by molar-refractivity contribution is -0.131. The van der Waals surface area contributed by atoms with Gasteiger partial charge in [-0.3, -0.25) is 4.79 Å². The number of amides is 1. The van der Waals surface area contributed by atoms with Crippen molar-refractivity contribution in [1.82, 2.24) is 14.5 Å². The number of hydrogen-bond donors (Lipinski definition) is 0. The molecule has 1 fully saturated rings. The van der Waals surface area contributed by atoms with E-state index in [4.69, 9.17) is 4.74 Å². The Morgan fingerprint density at radius 3 is 2.66 bits per heavy atom. The van der Waals surface area contributed by atoms with Crippen LogP contribution in [-0.2, 0) is 17.8 Å². The maximum atomic E-state index is 12.7. The molecule has 0 spiro atoms. The molecule has 0 unspecified atom stereocenters. The molecule has 5 heteroatoms. The number of imidazole rings is 1. The molecular formula is C24H29N3O2. The van der Waals surface area contributed by atoms with Crippen LogP contribution in [0.2, 0.25) is 0 Å². The molecule has 1 aliphatic heterocycles. The summed E-state index contributed by atoms with van der Waals surface area (Å²) >= 11 is 0. The zero-order valence-corrected chi connectivity index (χ0v) is 17.5. The molecule has 152 valence electrons. The Morgan fingerprint density at radius 2 is 1.90 bits per heavy atom. The van der Waals surface area contributed by atoms with Crippen LogP contribution in [-0.4, -0.2) is 40.6 Å². The third-order valence-corrected chi connectivity index (χ3v) is 6.15. The fourth-order valence-electron chi connectivity index (χ4n) is 4.17. The van der Waals surface area contributed by atoms with Gasteiger partial charge < -0.3 is 14.2 Å². The van der Waals surface area contributed by atoms with Crippen molar-refractivity contribution < 1.29 is 9.53 Å². The molecule has 2 heterocycles. The number of ether oxygens (including phenoxy) is 1. The molecule has 0 N–H and O–H groups in total. The molecule has 29 heavy (non-hydrogen) atoms. The first-order valence-electron chi connectivity index (χ1n) is 10.4. The van der Waals surface area contributed by atoms with Gasteiger partial charge in [0.2, 0.25) is 5.91 Å². The number of carbonyl (C=O) groups excluding carboxylic acids is 1. The van der Waals surface area contributed by atoms with Gasteiger partial charge in [0.1, 0.15) is 5.75 Å². The zero-order chi connectivity index (χ0) is 20.4. The summed E-state index contributed by atoms with van der Waals surface area (Å²) in [6.07, 6.45) is 4.47. The highest BCUT2D eigenvalue weighted by molar-refractivity contribution is 5.79. The van der Waals surface area contributed by atoms with Gasteiger partial charge in [0, 0.05) is 19.6 Å². The van der Waals surface area contributed by atoms with Gasteiger partial charge in [-0.15, -0.1) is 0 Å². The van der Waals surface area contributed by atoms with E-state index in [0.29, 0.717) is 12.3 Å². The van der Waals surface area contributed by atoms with Crippen molar-refractivity contribution in [1.29, 1.82) is 0 Å². The average Bonchev–Trinajstić information content (AvgIpc) is 3.10. The molecule has 5 nitrogen and oxygen atoms in total. The van der Waals surface area contributed by atoms with Crippen molar-refractivity contribution in [3.63, 3.8) is 0 Å². The highest BCUT2D eigenvalue weighted by Gasteiger charge is 2.23. The highest BCUT2D eigenvalue weighted by atomic mass is 16.5. The number of likely N-dealkylation sites (tertiary alicyclic amines) is 1. The zero-order valence-electron chi connectivity index (χ0n) is 17.5. The van der Waals surface area contributed by atoms with Crippen molar-refractivity contribution in [3.8, 4) is 5.75 Å². The molecule has 0 aliphatic carbocycles. The maximum Gasteiger partial charge on any atom is 0.226 e. The largest absolute Gasteiger partial charge is 0.497 e. The fraction of sp³-hybridized carbons (Fsp3) is 0.417. The average molecular weight is 392 g/mol. The summed E-state index contributed by atoms with van der Waals surface area (Å²) in [4.78, 5) is 19.3. The summed E-state index contributed by atoms with van der Waals surface area (Å²) in [5.41, 5.74) is 5.87. The Labute approximate surface area is 172 Å². The Hall–Kier alpha value is -2.82. The molecule has 0 atom stereocenters. The lowest BCUT2D eigenvalue weighted by atomic mass is 9.96. The third-order valence-electron chi connectivity index (χ3n) is 6.15. The number of methoxy groups -OCH3 is 1. The SMILES string of the molecule is COc1cccc(CC(=O)N2CCC(Cn3cnc4cc(C)c(C)cc43)CC2)c1. The van der Waals surface area contributed by atoms with Crippen LogP contribution in [0.15, 0.2) is 42.7 Å². The number of aryl methyl sites for hydroxylation is 2. The van der Waals surface area contributed by atoms with Gasteiger partial charge in [-0.2, -0.15) is 0 Å². The molecule has 1 saturated heterocycles. The van der Waals surface area contributed by atoms with E-state index < -0.39 is 0 Å². The van der Waals surface area contributed by atoms with Crippen molar-refractivity contribution in [3.05, 3.63) is 59.4 Å². The Bertz CT molecular complexity index is 1020. The lowest BCUT2D eigenvalue weighted by Gasteiger charge is -2.32. The Kier molecular flexibility index (Phi) is 5.56. The minimum atomic E-state index is 0.205. The molecule has 1 aliphatic rings. The molecule has 2 aromatic carbocycles. The quantitative estimate of drug-likeness (QED) is 0.657. The highest BCUT2D eigenvalue weighted by Crippen LogP contribution is 2.24. The molecule has 0 radical (unpaired) electrons.